The number of aliphatic hydroxyl groups excluding tert-OH is 1. The summed E-state index contributed by atoms with van der Waals surface area (Å²) in [6.45, 7) is 1.81. The lowest BCUT2D eigenvalue weighted by Gasteiger charge is -2.00. The Bertz CT molecular complexity index is 838. The highest BCUT2D eigenvalue weighted by molar-refractivity contribution is 6.13. The molecule has 0 atom stereocenters. The van der Waals surface area contributed by atoms with Crippen LogP contribution in [0.3, 0.4) is 0 Å². The average Bonchev–Trinajstić information content (AvgIpc) is 2.59. The third-order valence-electron chi connectivity index (χ3n) is 2.71. The van der Waals surface area contributed by atoms with Crippen molar-refractivity contribution in [3.63, 3.8) is 0 Å². The van der Waals surface area contributed by atoms with Gasteiger partial charge in [-0.05, 0) is 30.2 Å². The molecule has 0 aliphatic rings. The van der Waals surface area contributed by atoms with Gasteiger partial charge in [-0.3, -0.25) is 4.79 Å². The van der Waals surface area contributed by atoms with E-state index >= 15 is 0 Å². The number of nitriles is 2. The monoisotopic (exact) mass is 320 g/mol. The molecule has 0 aromatic heterocycles. The van der Waals surface area contributed by atoms with E-state index in [1.807, 2.05) is 5.92 Å². The van der Waals surface area contributed by atoms with Gasteiger partial charge in [0.2, 0.25) is 5.78 Å². The third-order valence-corrected chi connectivity index (χ3v) is 2.71. The largest absolute Gasteiger partial charge is 0.462 e. The number of Topliss-reactive ketones (excluding diaryl/α,β-unsaturated/α-hetero) is 1. The van der Waals surface area contributed by atoms with Crippen molar-refractivity contribution < 1.29 is 19.4 Å². The number of hydrogen-bond acceptors (Lipinski definition) is 6. The van der Waals surface area contributed by atoms with Crippen molar-refractivity contribution in [2.45, 2.75) is 6.92 Å². The van der Waals surface area contributed by atoms with Crippen LogP contribution >= 0.6 is 0 Å². The molecule has 0 radical (unpaired) electrons. The van der Waals surface area contributed by atoms with Crippen molar-refractivity contribution in [3.05, 3.63) is 46.5 Å². The molecule has 0 unspecified atom stereocenters. The van der Waals surface area contributed by atoms with Gasteiger partial charge in [0.15, 0.2) is 0 Å². The van der Waals surface area contributed by atoms with Crippen LogP contribution in [0.15, 0.2) is 35.4 Å². The summed E-state index contributed by atoms with van der Waals surface area (Å²) in [5.41, 5.74) is 0.776. The second-order valence-electron chi connectivity index (χ2n) is 4.29. The Morgan fingerprint density at radius 1 is 1.08 bits per heavy atom. The molecular weight excluding hydrogens is 308 g/mol. The third kappa shape index (κ3) is 5.18. The topological polar surface area (TPSA) is 111 Å². The summed E-state index contributed by atoms with van der Waals surface area (Å²) >= 11 is 0. The summed E-state index contributed by atoms with van der Waals surface area (Å²) in [5, 5.41) is 26.3. The van der Waals surface area contributed by atoms with Gasteiger partial charge in [0.1, 0.15) is 29.4 Å². The summed E-state index contributed by atoms with van der Waals surface area (Å²) in [6, 6.07) is 9.89. The smallest absolute Gasteiger partial charge is 0.348 e. The maximum absolute atomic E-state index is 11.5. The predicted octanol–water partition coefficient (Wildman–Crippen LogP) is 1.97. The molecule has 1 aromatic carbocycles. The second-order valence-corrected chi connectivity index (χ2v) is 4.29. The molecule has 0 aliphatic carbocycles. The Balaban J connectivity index is 3.07. The van der Waals surface area contributed by atoms with Crippen molar-refractivity contribution >= 4 is 23.9 Å². The highest BCUT2D eigenvalue weighted by atomic mass is 16.5. The maximum atomic E-state index is 11.5. The lowest BCUT2D eigenvalue weighted by Crippen LogP contribution is -2.05. The minimum atomic E-state index is -0.793. The van der Waals surface area contributed by atoms with Gasteiger partial charge < -0.3 is 9.84 Å². The number of allylic oxidation sites excluding steroid dienone is 1. The van der Waals surface area contributed by atoms with E-state index in [0.29, 0.717) is 11.1 Å². The molecule has 24 heavy (non-hydrogen) atoms. The van der Waals surface area contributed by atoms with Crippen molar-refractivity contribution in [2.24, 2.45) is 0 Å². The molecule has 0 bridgehead atoms. The van der Waals surface area contributed by atoms with Gasteiger partial charge in [0.05, 0.1) is 6.61 Å². The SMILES string of the molecule is CCOC(=O)/C(C#N)=C\c1ccc(/C=C(\C#N)C(=O)C#CO)cc1. The van der Waals surface area contributed by atoms with E-state index in [-0.39, 0.29) is 17.8 Å². The molecule has 0 spiro atoms. The van der Waals surface area contributed by atoms with E-state index in [1.54, 1.807) is 43.3 Å². The predicted molar refractivity (Wildman–Crippen MR) is 85.0 cm³/mol. The Labute approximate surface area is 138 Å². The molecule has 118 valence electrons. The molecule has 6 nitrogen and oxygen atoms in total. The van der Waals surface area contributed by atoms with E-state index < -0.39 is 11.8 Å². The first-order valence-electron chi connectivity index (χ1n) is 6.76. The van der Waals surface area contributed by atoms with Crippen LogP contribution in [0.4, 0.5) is 0 Å². The summed E-state index contributed by atoms with van der Waals surface area (Å²) < 4.78 is 4.76. The molecule has 1 N–H and O–H groups in total. The molecule has 0 saturated heterocycles. The molecule has 0 amide bonds. The van der Waals surface area contributed by atoms with E-state index in [2.05, 4.69) is 0 Å². The van der Waals surface area contributed by atoms with E-state index in [1.165, 1.54) is 18.3 Å². The van der Waals surface area contributed by atoms with Gasteiger partial charge in [-0.2, -0.15) is 10.5 Å². The highest BCUT2D eigenvalue weighted by Crippen LogP contribution is 2.13. The Morgan fingerprint density at radius 3 is 2.00 bits per heavy atom. The van der Waals surface area contributed by atoms with Gasteiger partial charge in [-0.25, -0.2) is 4.79 Å². The first kappa shape index (κ1) is 18.2. The summed E-state index contributed by atoms with van der Waals surface area (Å²) in [7, 11) is 0. The number of carbonyl (C=O) groups is 2. The molecule has 0 fully saturated rings. The second kappa shape index (κ2) is 9.25. The van der Waals surface area contributed by atoms with E-state index in [4.69, 9.17) is 20.4 Å². The zero-order valence-corrected chi connectivity index (χ0v) is 12.7. The molecular formula is C18H12N2O4. The number of benzene rings is 1. The van der Waals surface area contributed by atoms with Crippen LogP contribution in [-0.2, 0) is 14.3 Å². The van der Waals surface area contributed by atoms with Crippen LogP contribution in [0.2, 0.25) is 0 Å². The van der Waals surface area contributed by atoms with Crippen LogP contribution in [0.1, 0.15) is 18.1 Å². The van der Waals surface area contributed by atoms with E-state index in [0.717, 1.165) is 0 Å². The molecule has 1 aromatic rings. The Kier molecular flexibility index (Phi) is 7.03. The number of carbonyl (C=O) groups excluding carboxylic acids is 2. The molecule has 6 heteroatoms. The number of ether oxygens (including phenoxy) is 1. The highest BCUT2D eigenvalue weighted by Gasteiger charge is 2.10. The van der Waals surface area contributed by atoms with Crippen molar-refractivity contribution in [1.82, 2.24) is 0 Å². The van der Waals surface area contributed by atoms with Crippen LogP contribution in [0, 0.1) is 34.7 Å². The molecule has 0 saturated carbocycles. The number of hydrogen-bond donors (Lipinski definition) is 1. The number of rotatable bonds is 5. The number of aliphatic hydroxyl groups is 1. The minimum Gasteiger partial charge on any atom is -0.462 e. The van der Waals surface area contributed by atoms with E-state index in [9.17, 15) is 9.59 Å². The van der Waals surface area contributed by atoms with Crippen LogP contribution < -0.4 is 0 Å². The fourth-order valence-electron chi connectivity index (χ4n) is 1.63. The lowest BCUT2D eigenvalue weighted by molar-refractivity contribution is -0.137. The van der Waals surface area contributed by atoms with Crippen molar-refractivity contribution in [3.8, 4) is 24.2 Å². The van der Waals surface area contributed by atoms with Crippen LogP contribution in [0.5, 0.6) is 0 Å². The number of ketones is 1. The quantitative estimate of drug-likeness (QED) is 0.384. The Hall–Kier alpha value is -3.82. The number of nitrogens with zero attached hydrogens (tertiary/aromatic N) is 2. The maximum Gasteiger partial charge on any atom is 0.348 e. The first-order chi connectivity index (χ1) is 11.5. The summed E-state index contributed by atoms with van der Waals surface area (Å²) in [5.74, 6) is 0.367. The van der Waals surface area contributed by atoms with Gasteiger partial charge >= 0.3 is 5.97 Å². The molecule has 0 heterocycles. The summed E-state index contributed by atoms with van der Waals surface area (Å²) in [4.78, 5) is 23.0. The van der Waals surface area contributed by atoms with Gasteiger partial charge in [0.25, 0.3) is 0 Å². The number of esters is 1. The zero-order valence-electron chi connectivity index (χ0n) is 12.7. The minimum absolute atomic E-state index is 0.133. The summed E-state index contributed by atoms with van der Waals surface area (Å²) in [6.07, 6.45) is 4.14. The van der Waals surface area contributed by atoms with Crippen LogP contribution in [-0.4, -0.2) is 23.5 Å². The standard InChI is InChI=1S/C18H12N2O4/c1-2-24-18(23)16(12-20)10-14-5-3-13(4-6-14)9-15(11-19)17(22)7-8-21/h3-6,9-10,21H,2H2,1H3/b15-9+,16-10-. The van der Waals surface area contributed by atoms with Crippen molar-refractivity contribution in [2.75, 3.05) is 6.61 Å². The first-order valence-corrected chi connectivity index (χ1v) is 6.76. The molecule has 1 rings (SSSR count). The Morgan fingerprint density at radius 2 is 1.58 bits per heavy atom. The van der Waals surface area contributed by atoms with Gasteiger partial charge in [0, 0.05) is 5.92 Å². The fraction of sp³-hybridized carbons (Fsp3) is 0.111. The van der Waals surface area contributed by atoms with Crippen molar-refractivity contribution in [1.29, 1.82) is 10.5 Å². The lowest BCUT2D eigenvalue weighted by atomic mass is 10.1. The molecule has 0 aliphatic heterocycles. The normalized spacial score (nSPS) is 10.6. The van der Waals surface area contributed by atoms with Crippen LogP contribution in [0.25, 0.3) is 12.2 Å². The zero-order chi connectivity index (χ0) is 17.9. The van der Waals surface area contributed by atoms with Gasteiger partial charge in [-0.15, -0.1) is 0 Å². The average molecular weight is 320 g/mol. The van der Waals surface area contributed by atoms with Gasteiger partial charge in [-0.1, -0.05) is 24.3 Å². The fourth-order valence-corrected chi connectivity index (χ4v) is 1.63.